The second-order valence-electron chi connectivity index (χ2n) is 7.40. The standard InChI is InChI=1S/C22H23N5O4S2/c1-28-16-8-7-14(11-17(16)29-2)20-23-19(31-26-20)13-33-22-25-24-21(18-6-4-10-32-18)27(22)12-15-5-3-9-30-15/h4,6-8,10-11,15H,3,5,9,12-13H2,1-2H3. The molecule has 0 spiro atoms. The maximum Gasteiger partial charge on any atom is 0.237 e. The highest BCUT2D eigenvalue weighted by atomic mass is 32.2. The molecule has 4 heterocycles. The second kappa shape index (κ2) is 9.94. The number of aromatic nitrogens is 5. The van der Waals surface area contributed by atoms with Crippen LogP contribution in [0.1, 0.15) is 18.7 Å². The highest BCUT2D eigenvalue weighted by Crippen LogP contribution is 2.33. The summed E-state index contributed by atoms with van der Waals surface area (Å²) < 4.78 is 24.1. The van der Waals surface area contributed by atoms with Crippen LogP contribution in [0.3, 0.4) is 0 Å². The van der Waals surface area contributed by atoms with Gasteiger partial charge in [-0.1, -0.05) is 23.0 Å². The summed E-state index contributed by atoms with van der Waals surface area (Å²) in [5, 5.41) is 15.9. The smallest absolute Gasteiger partial charge is 0.237 e. The minimum atomic E-state index is 0.180. The van der Waals surface area contributed by atoms with Crippen molar-refractivity contribution in [2.45, 2.75) is 36.4 Å². The lowest BCUT2D eigenvalue weighted by Gasteiger charge is -2.13. The van der Waals surface area contributed by atoms with Gasteiger partial charge >= 0.3 is 0 Å². The molecule has 5 rings (SSSR count). The van der Waals surface area contributed by atoms with Crippen LogP contribution in [0.2, 0.25) is 0 Å². The van der Waals surface area contributed by atoms with E-state index in [-0.39, 0.29) is 6.10 Å². The molecule has 1 unspecified atom stereocenters. The van der Waals surface area contributed by atoms with Gasteiger partial charge in [0.2, 0.25) is 11.7 Å². The maximum atomic E-state index is 5.86. The molecule has 4 aromatic rings. The van der Waals surface area contributed by atoms with Gasteiger partial charge in [-0.15, -0.1) is 21.5 Å². The molecule has 33 heavy (non-hydrogen) atoms. The van der Waals surface area contributed by atoms with E-state index in [2.05, 4.69) is 31.0 Å². The van der Waals surface area contributed by atoms with E-state index in [1.54, 1.807) is 25.6 Å². The maximum absolute atomic E-state index is 5.86. The number of benzene rings is 1. The van der Waals surface area contributed by atoms with Gasteiger partial charge in [-0.2, -0.15) is 4.98 Å². The molecule has 0 aliphatic carbocycles. The number of nitrogens with zero attached hydrogens (tertiary/aromatic N) is 5. The Hall–Kier alpha value is -2.89. The first kappa shape index (κ1) is 21.9. The van der Waals surface area contributed by atoms with E-state index in [0.29, 0.717) is 29.0 Å². The van der Waals surface area contributed by atoms with E-state index in [0.717, 1.165) is 47.4 Å². The predicted octanol–water partition coefficient (Wildman–Crippen LogP) is 4.55. The summed E-state index contributed by atoms with van der Waals surface area (Å²) in [6.45, 7) is 1.54. The lowest BCUT2D eigenvalue weighted by molar-refractivity contribution is 0.0953. The SMILES string of the molecule is COc1ccc(-c2noc(CSc3nnc(-c4cccs4)n3CC3CCCO3)n2)cc1OC. The van der Waals surface area contributed by atoms with Crippen molar-refractivity contribution in [2.75, 3.05) is 20.8 Å². The number of thioether (sulfide) groups is 1. The fourth-order valence-electron chi connectivity index (χ4n) is 3.67. The lowest BCUT2D eigenvalue weighted by atomic mass is 10.2. The Morgan fingerprint density at radius 3 is 2.85 bits per heavy atom. The first-order chi connectivity index (χ1) is 16.2. The quantitative estimate of drug-likeness (QED) is 0.316. The van der Waals surface area contributed by atoms with Gasteiger partial charge in [0.05, 0.1) is 37.5 Å². The molecular formula is C22H23N5O4S2. The average Bonchev–Trinajstić information content (AvgIpc) is 3.65. The molecule has 0 N–H and O–H groups in total. The topological polar surface area (TPSA) is 97.3 Å². The van der Waals surface area contributed by atoms with Crippen LogP contribution in [0.5, 0.6) is 11.5 Å². The fraction of sp³-hybridized carbons (Fsp3) is 0.364. The summed E-state index contributed by atoms with van der Waals surface area (Å²) in [5.41, 5.74) is 0.786. The van der Waals surface area contributed by atoms with Gasteiger partial charge in [0.1, 0.15) is 0 Å². The minimum Gasteiger partial charge on any atom is -0.493 e. The summed E-state index contributed by atoms with van der Waals surface area (Å²) >= 11 is 3.17. The van der Waals surface area contributed by atoms with Crippen molar-refractivity contribution in [3.8, 4) is 33.6 Å². The number of hydrogen-bond donors (Lipinski definition) is 0. The van der Waals surface area contributed by atoms with Gasteiger partial charge in [0, 0.05) is 12.2 Å². The summed E-state index contributed by atoms with van der Waals surface area (Å²) in [4.78, 5) is 5.63. The van der Waals surface area contributed by atoms with Crippen molar-refractivity contribution in [1.82, 2.24) is 24.9 Å². The highest BCUT2D eigenvalue weighted by Gasteiger charge is 2.23. The second-order valence-corrected chi connectivity index (χ2v) is 9.29. The Kier molecular flexibility index (Phi) is 6.60. The fourth-order valence-corrected chi connectivity index (χ4v) is 5.17. The van der Waals surface area contributed by atoms with Crippen molar-refractivity contribution >= 4 is 23.1 Å². The number of hydrogen-bond acceptors (Lipinski definition) is 10. The Morgan fingerprint density at radius 1 is 1.18 bits per heavy atom. The van der Waals surface area contributed by atoms with Gasteiger partial charge in [-0.25, -0.2) is 0 Å². The molecule has 1 saturated heterocycles. The summed E-state index contributed by atoms with van der Waals surface area (Å²) in [6, 6.07) is 9.59. The molecule has 3 aromatic heterocycles. The van der Waals surface area contributed by atoms with Crippen molar-refractivity contribution in [1.29, 1.82) is 0 Å². The molecule has 0 radical (unpaired) electrons. The third-order valence-corrected chi connectivity index (χ3v) is 7.12. The van der Waals surface area contributed by atoms with Crippen LogP contribution in [0.25, 0.3) is 22.1 Å². The van der Waals surface area contributed by atoms with E-state index in [1.165, 1.54) is 11.8 Å². The molecule has 1 atom stereocenters. The Labute approximate surface area is 199 Å². The minimum absolute atomic E-state index is 0.180. The zero-order valence-electron chi connectivity index (χ0n) is 18.3. The predicted molar refractivity (Wildman–Crippen MR) is 125 cm³/mol. The van der Waals surface area contributed by atoms with Crippen molar-refractivity contribution in [3.63, 3.8) is 0 Å². The molecule has 0 saturated carbocycles. The normalized spacial score (nSPS) is 15.8. The molecule has 9 nitrogen and oxygen atoms in total. The average molecular weight is 486 g/mol. The van der Waals surface area contributed by atoms with Crippen LogP contribution in [0.15, 0.2) is 45.4 Å². The highest BCUT2D eigenvalue weighted by molar-refractivity contribution is 7.98. The van der Waals surface area contributed by atoms with E-state index >= 15 is 0 Å². The first-order valence-corrected chi connectivity index (χ1v) is 12.4. The third kappa shape index (κ3) is 4.75. The molecule has 0 amide bonds. The van der Waals surface area contributed by atoms with Crippen molar-refractivity contribution in [2.24, 2.45) is 0 Å². The van der Waals surface area contributed by atoms with E-state index in [4.69, 9.17) is 18.7 Å². The molecule has 172 valence electrons. The molecule has 1 aliphatic rings. The summed E-state index contributed by atoms with van der Waals surface area (Å²) in [5.74, 6) is 3.60. The zero-order valence-corrected chi connectivity index (χ0v) is 19.9. The largest absolute Gasteiger partial charge is 0.493 e. The monoisotopic (exact) mass is 485 g/mol. The van der Waals surface area contributed by atoms with Gasteiger partial charge in [-0.05, 0) is 42.5 Å². The van der Waals surface area contributed by atoms with Crippen LogP contribution in [-0.2, 0) is 17.0 Å². The molecule has 11 heteroatoms. The number of ether oxygens (including phenoxy) is 3. The molecular weight excluding hydrogens is 462 g/mol. The molecule has 0 bridgehead atoms. The van der Waals surface area contributed by atoms with E-state index in [1.807, 2.05) is 29.6 Å². The summed E-state index contributed by atoms with van der Waals surface area (Å²) in [7, 11) is 3.19. The first-order valence-electron chi connectivity index (χ1n) is 10.5. The summed E-state index contributed by atoms with van der Waals surface area (Å²) in [6.07, 6.45) is 2.31. The number of rotatable bonds is 9. The molecule has 1 aliphatic heterocycles. The lowest BCUT2D eigenvalue weighted by Crippen LogP contribution is -2.16. The Balaban J connectivity index is 1.33. The molecule has 1 aromatic carbocycles. The molecule has 1 fully saturated rings. The van der Waals surface area contributed by atoms with E-state index in [9.17, 15) is 0 Å². The number of methoxy groups -OCH3 is 2. The Morgan fingerprint density at radius 2 is 2.09 bits per heavy atom. The van der Waals surface area contributed by atoms with E-state index < -0.39 is 0 Å². The van der Waals surface area contributed by atoms with Crippen LogP contribution in [0, 0.1) is 0 Å². The third-order valence-electron chi connectivity index (χ3n) is 5.30. The van der Waals surface area contributed by atoms with Crippen LogP contribution < -0.4 is 9.47 Å². The van der Waals surface area contributed by atoms with Crippen LogP contribution in [-0.4, -0.2) is 51.8 Å². The van der Waals surface area contributed by atoms with Crippen LogP contribution in [0.4, 0.5) is 0 Å². The van der Waals surface area contributed by atoms with Gasteiger partial charge < -0.3 is 18.7 Å². The van der Waals surface area contributed by atoms with Gasteiger partial charge in [0.25, 0.3) is 0 Å². The van der Waals surface area contributed by atoms with Gasteiger partial charge in [0.15, 0.2) is 22.5 Å². The van der Waals surface area contributed by atoms with Gasteiger partial charge in [-0.3, -0.25) is 4.57 Å². The van der Waals surface area contributed by atoms with Crippen molar-refractivity contribution in [3.05, 3.63) is 41.6 Å². The number of thiophene rings is 1. The zero-order chi connectivity index (χ0) is 22.6. The van der Waals surface area contributed by atoms with Crippen molar-refractivity contribution < 1.29 is 18.7 Å². The Bertz CT molecular complexity index is 1200. The van der Waals surface area contributed by atoms with Crippen LogP contribution >= 0.6 is 23.1 Å².